The Morgan fingerprint density at radius 1 is 1.50 bits per heavy atom. The van der Waals surface area contributed by atoms with Crippen LogP contribution in [0.5, 0.6) is 0 Å². The number of nitrogens with zero attached hydrogens (tertiary/aromatic N) is 1. The van der Waals surface area contributed by atoms with Crippen molar-refractivity contribution in [1.82, 2.24) is 4.98 Å². The lowest BCUT2D eigenvalue weighted by molar-refractivity contribution is -0.121. The van der Waals surface area contributed by atoms with E-state index < -0.39 is 0 Å². The first-order valence-electron chi connectivity index (χ1n) is 5.95. The van der Waals surface area contributed by atoms with Crippen LogP contribution in [0.4, 0.5) is 5.13 Å². The molecule has 3 rings (SSSR count). The Kier molecular flexibility index (Phi) is 2.46. The van der Waals surface area contributed by atoms with Gasteiger partial charge in [-0.15, -0.1) is 11.3 Å². The van der Waals surface area contributed by atoms with E-state index in [1.807, 2.05) is 6.92 Å². The van der Waals surface area contributed by atoms with Gasteiger partial charge in [0.15, 0.2) is 5.13 Å². The highest BCUT2D eigenvalue weighted by atomic mass is 32.1. The van der Waals surface area contributed by atoms with Crippen LogP contribution in [-0.4, -0.2) is 10.9 Å². The van der Waals surface area contributed by atoms with Crippen molar-refractivity contribution >= 4 is 22.4 Å². The van der Waals surface area contributed by atoms with Crippen LogP contribution in [0, 0.1) is 24.7 Å². The summed E-state index contributed by atoms with van der Waals surface area (Å²) in [7, 11) is 0. The molecule has 1 aromatic rings. The van der Waals surface area contributed by atoms with Gasteiger partial charge >= 0.3 is 0 Å². The Bertz CT molecular complexity index is 415. The molecule has 2 aliphatic rings. The SMILES string of the molecule is Cc1cnc(NC(=O)[C@@H]2C[C@@H]3CC[C@@H]2C3)s1. The molecule has 4 heteroatoms. The van der Waals surface area contributed by atoms with Gasteiger partial charge in [-0.2, -0.15) is 0 Å². The van der Waals surface area contributed by atoms with Gasteiger partial charge in [-0.05, 0) is 38.0 Å². The Morgan fingerprint density at radius 3 is 2.94 bits per heavy atom. The molecule has 16 heavy (non-hydrogen) atoms. The number of aryl methyl sites for hydroxylation is 1. The van der Waals surface area contributed by atoms with E-state index in [9.17, 15) is 4.79 Å². The quantitative estimate of drug-likeness (QED) is 0.858. The number of carbonyl (C=O) groups is 1. The third-order valence-corrected chi connectivity index (χ3v) is 4.75. The van der Waals surface area contributed by atoms with E-state index in [2.05, 4.69) is 10.3 Å². The summed E-state index contributed by atoms with van der Waals surface area (Å²) in [6, 6.07) is 0. The molecule has 2 bridgehead atoms. The average molecular weight is 236 g/mol. The third kappa shape index (κ3) is 1.75. The molecule has 3 nitrogen and oxygen atoms in total. The van der Waals surface area contributed by atoms with Crippen LogP contribution in [0.3, 0.4) is 0 Å². The Morgan fingerprint density at radius 2 is 2.38 bits per heavy atom. The topological polar surface area (TPSA) is 42.0 Å². The molecule has 2 aliphatic carbocycles. The van der Waals surface area contributed by atoms with Crippen LogP contribution in [-0.2, 0) is 4.79 Å². The van der Waals surface area contributed by atoms with Crippen molar-refractivity contribution in [1.29, 1.82) is 0 Å². The number of nitrogens with one attached hydrogen (secondary N) is 1. The lowest BCUT2D eigenvalue weighted by Gasteiger charge is -2.19. The monoisotopic (exact) mass is 236 g/mol. The van der Waals surface area contributed by atoms with Crippen LogP contribution < -0.4 is 5.32 Å². The number of carbonyl (C=O) groups excluding carboxylic acids is 1. The molecule has 2 fully saturated rings. The number of amides is 1. The molecule has 1 amide bonds. The van der Waals surface area contributed by atoms with Crippen LogP contribution in [0.25, 0.3) is 0 Å². The van der Waals surface area contributed by atoms with Crippen molar-refractivity contribution in [3.8, 4) is 0 Å². The molecular formula is C12H16N2OS. The van der Waals surface area contributed by atoms with Crippen molar-refractivity contribution in [2.75, 3.05) is 5.32 Å². The van der Waals surface area contributed by atoms with Gasteiger partial charge in [0.05, 0.1) is 0 Å². The second kappa shape index (κ2) is 3.84. The van der Waals surface area contributed by atoms with Crippen molar-refractivity contribution < 1.29 is 4.79 Å². The van der Waals surface area contributed by atoms with Crippen LogP contribution in [0.2, 0.25) is 0 Å². The summed E-state index contributed by atoms with van der Waals surface area (Å²) in [6.45, 7) is 2.00. The molecule has 0 saturated heterocycles. The van der Waals surface area contributed by atoms with E-state index in [1.54, 1.807) is 17.5 Å². The molecular weight excluding hydrogens is 220 g/mol. The Hall–Kier alpha value is -0.900. The first kappa shape index (κ1) is 10.3. The van der Waals surface area contributed by atoms with Crippen molar-refractivity contribution in [2.24, 2.45) is 17.8 Å². The zero-order valence-corrected chi connectivity index (χ0v) is 10.2. The fourth-order valence-corrected chi connectivity index (χ4v) is 3.84. The van der Waals surface area contributed by atoms with Gasteiger partial charge in [0, 0.05) is 17.0 Å². The molecule has 1 aromatic heterocycles. The maximum Gasteiger partial charge on any atom is 0.229 e. The fraction of sp³-hybridized carbons (Fsp3) is 0.667. The van der Waals surface area contributed by atoms with E-state index in [0.29, 0.717) is 5.92 Å². The summed E-state index contributed by atoms with van der Waals surface area (Å²) in [5.74, 6) is 1.91. The molecule has 0 unspecified atom stereocenters. The number of fused-ring (bicyclic) bond motifs is 2. The van der Waals surface area contributed by atoms with E-state index in [1.165, 1.54) is 19.3 Å². The predicted octanol–water partition coefficient (Wildman–Crippen LogP) is 2.83. The minimum Gasteiger partial charge on any atom is -0.302 e. The highest BCUT2D eigenvalue weighted by Gasteiger charge is 2.43. The largest absolute Gasteiger partial charge is 0.302 e. The zero-order valence-electron chi connectivity index (χ0n) is 9.40. The number of hydrogen-bond donors (Lipinski definition) is 1. The zero-order chi connectivity index (χ0) is 11.1. The molecule has 0 aromatic carbocycles. The lowest BCUT2D eigenvalue weighted by atomic mass is 9.88. The Labute approximate surface area is 99.3 Å². The molecule has 1 N–H and O–H groups in total. The number of thiazole rings is 1. The maximum atomic E-state index is 12.1. The van der Waals surface area contributed by atoms with E-state index in [4.69, 9.17) is 0 Å². The molecule has 1 heterocycles. The Balaban J connectivity index is 1.65. The van der Waals surface area contributed by atoms with Gasteiger partial charge in [0.1, 0.15) is 0 Å². The van der Waals surface area contributed by atoms with Crippen LogP contribution in [0.15, 0.2) is 6.20 Å². The summed E-state index contributed by atoms with van der Waals surface area (Å²) in [6.07, 6.45) is 6.77. The predicted molar refractivity (Wildman–Crippen MR) is 64.4 cm³/mol. The molecule has 0 radical (unpaired) electrons. The normalized spacial score (nSPS) is 31.9. The van der Waals surface area contributed by atoms with Crippen molar-refractivity contribution in [3.05, 3.63) is 11.1 Å². The van der Waals surface area contributed by atoms with Gasteiger partial charge in [-0.3, -0.25) is 4.79 Å². The molecule has 2 saturated carbocycles. The summed E-state index contributed by atoms with van der Waals surface area (Å²) in [4.78, 5) is 17.4. The first-order chi connectivity index (χ1) is 7.72. The van der Waals surface area contributed by atoms with Crippen LogP contribution in [0.1, 0.15) is 30.6 Å². The van der Waals surface area contributed by atoms with E-state index in [-0.39, 0.29) is 11.8 Å². The third-order valence-electron chi connectivity index (χ3n) is 3.93. The van der Waals surface area contributed by atoms with Crippen molar-refractivity contribution in [3.63, 3.8) is 0 Å². The molecule has 86 valence electrons. The van der Waals surface area contributed by atoms with Crippen molar-refractivity contribution in [2.45, 2.75) is 32.6 Å². The van der Waals surface area contributed by atoms with Gasteiger partial charge in [0.2, 0.25) is 5.91 Å². The summed E-state index contributed by atoms with van der Waals surface area (Å²) in [5, 5.41) is 3.71. The van der Waals surface area contributed by atoms with Gasteiger partial charge in [-0.25, -0.2) is 4.98 Å². The minimum atomic E-state index is 0.196. The number of rotatable bonds is 2. The lowest BCUT2D eigenvalue weighted by Crippen LogP contribution is -2.27. The van der Waals surface area contributed by atoms with Crippen LogP contribution >= 0.6 is 11.3 Å². The molecule has 0 aliphatic heterocycles. The maximum absolute atomic E-state index is 12.1. The first-order valence-corrected chi connectivity index (χ1v) is 6.77. The number of aromatic nitrogens is 1. The van der Waals surface area contributed by atoms with Gasteiger partial charge in [-0.1, -0.05) is 6.42 Å². The highest BCUT2D eigenvalue weighted by Crippen LogP contribution is 2.48. The highest BCUT2D eigenvalue weighted by molar-refractivity contribution is 7.15. The van der Waals surface area contributed by atoms with Gasteiger partial charge < -0.3 is 5.32 Å². The second-order valence-corrected chi connectivity index (χ2v) is 6.28. The fourth-order valence-electron chi connectivity index (χ4n) is 3.18. The summed E-state index contributed by atoms with van der Waals surface area (Å²) in [5.41, 5.74) is 0. The van der Waals surface area contributed by atoms with Gasteiger partial charge in [0.25, 0.3) is 0 Å². The number of anilines is 1. The average Bonchev–Trinajstić information content (AvgIpc) is 2.93. The number of hydrogen-bond acceptors (Lipinski definition) is 3. The standard InChI is InChI=1S/C12H16N2OS/c1-7-6-13-12(16-7)14-11(15)10-5-8-2-3-9(10)4-8/h6,8-10H,2-5H2,1H3,(H,13,14,15)/t8-,9-,10-/m1/s1. The second-order valence-electron chi connectivity index (χ2n) is 5.05. The summed E-state index contributed by atoms with van der Waals surface area (Å²) >= 11 is 1.55. The molecule has 3 atom stereocenters. The van der Waals surface area contributed by atoms with E-state index >= 15 is 0 Å². The smallest absolute Gasteiger partial charge is 0.229 e. The molecule has 0 spiro atoms. The summed E-state index contributed by atoms with van der Waals surface area (Å²) < 4.78 is 0. The van der Waals surface area contributed by atoms with E-state index in [0.717, 1.165) is 22.3 Å². The minimum absolute atomic E-state index is 0.196.